The van der Waals surface area contributed by atoms with E-state index in [1.54, 1.807) is 13.0 Å². The number of ether oxygens (including phenoxy) is 1. The van der Waals surface area contributed by atoms with E-state index in [-0.39, 0.29) is 16.9 Å². The SMILES string of the molecule is CCOC(C)C(=O)c1ccc(CN2C(C)(C)CCCC2(C)C)o1. The summed E-state index contributed by atoms with van der Waals surface area (Å²) in [4.78, 5) is 14.8. The van der Waals surface area contributed by atoms with Crippen LogP contribution in [0, 0.1) is 0 Å². The number of carbonyl (C=O) groups excluding carboxylic acids is 1. The van der Waals surface area contributed by atoms with Crippen molar-refractivity contribution in [2.45, 2.75) is 84.5 Å². The summed E-state index contributed by atoms with van der Waals surface area (Å²) in [7, 11) is 0. The molecule has 0 spiro atoms. The number of nitrogens with zero attached hydrogens (tertiary/aromatic N) is 1. The molecule has 1 aliphatic heterocycles. The summed E-state index contributed by atoms with van der Waals surface area (Å²) in [5.74, 6) is 1.16. The van der Waals surface area contributed by atoms with Crippen LogP contribution in [0.5, 0.6) is 0 Å². The lowest BCUT2D eigenvalue weighted by molar-refractivity contribution is -0.0385. The molecule has 0 radical (unpaired) electrons. The number of ketones is 1. The molecule has 23 heavy (non-hydrogen) atoms. The molecule has 1 atom stereocenters. The van der Waals surface area contributed by atoms with Crippen molar-refractivity contribution in [2.75, 3.05) is 6.61 Å². The van der Waals surface area contributed by atoms with Crippen molar-refractivity contribution in [3.63, 3.8) is 0 Å². The van der Waals surface area contributed by atoms with Crippen molar-refractivity contribution in [1.29, 1.82) is 0 Å². The number of carbonyl (C=O) groups is 1. The lowest BCUT2D eigenvalue weighted by atomic mass is 9.80. The monoisotopic (exact) mass is 321 g/mol. The minimum Gasteiger partial charge on any atom is -0.457 e. The number of rotatable bonds is 6. The predicted octanol–water partition coefficient (Wildman–Crippen LogP) is 4.43. The van der Waals surface area contributed by atoms with Crippen LogP contribution in [0.4, 0.5) is 0 Å². The summed E-state index contributed by atoms with van der Waals surface area (Å²) >= 11 is 0. The minimum atomic E-state index is -0.457. The van der Waals surface area contributed by atoms with Crippen LogP contribution in [0.1, 0.15) is 77.1 Å². The number of hydrogen-bond donors (Lipinski definition) is 0. The maximum absolute atomic E-state index is 12.3. The molecule has 0 amide bonds. The van der Waals surface area contributed by atoms with Gasteiger partial charge >= 0.3 is 0 Å². The van der Waals surface area contributed by atoms with Crippen LogP contribution in [-0.2, 0) is 11.3 Å². The molecule has 2 rings (SSSR count). The average molecular weight is 321 g/mol. The zero-order valence-corrected chi connectivity index (χ0v) is 15.4. The fraction of sp³-hybridized carbons (Fsp3) is 0.737. The van der Waals surface area contributed by atoms with Crippen molar-refractivity contribution in [1.82, 2.24) is 4.90 Å². The number of furan rings is 1. The molecule has 0 saturated carbocycles. The van der Waals surface area contributed by atoms with E-state index in [1.165, 1.54) is 19.3 Å². The zero-order chi connectivity index (χ0) is 17.3. The molecule has 2 heterocycles. The maximum Gasteiger partial charge on any atom is 0.226 e. The highest BCUT2D eigenvalue weighted by molar-refractivity contribution is 5.96. The molecule has 1 aliphatic rings. The largest absolute Gasteiger partial charge is 0.457 e. The minimum absolute atomic E-state index is 0.0877. The Bertz CT molecular complexity index is 529. The van der Waals surface area contributed by atoms with Gasteiger partial charge in [0.05, 0.1) is 6.54 Å². The third kappa shape index (κ3) is 4.04. The van der Waals surface area contributed by atoms with Gasteiger partial charge in [0, 0.05) is 17.7 Å². The second-order valence-electron chi connectivity index (χ2n) is 7.79. The van der Waals surface area contributed by atoms with Gasteiger partial charge in [0.15, 0.2) is 5.76 Å². The van der Waals surface area contributed by atoms with E-state index in [4.69, 9.17) is 9.15 Å². The lowest BCUT2D eigenvalue weighted by Crippen LogP contribution is -2.57. The Morgan fingerprint density at radius 3 is 2.43 bits per heavy atom. The highest BCUT2D eigenvalue weighted by Crippen LogP contribution is 2.39. The third-order valence-electron chi connectivity index (χ3n) is 5.04. The molecule has 0 aromatic carbocycles. The standard InChI is InChI=1S/C19H31NO3/c1-7-22-14(2)17(21)16-10-9-15(23-16)13-20-18(3,4)11-8-12-19(20,5)6/h9-10,14H,7-8,11-13H2,1-6H3. The van der Waals surface area contributed by atoms with E-state index in [1.807, 2.05) is 13.0 Å². The molecule has 4 nitrogen and oxygen atoms in total. The van der Waals surface area contributed by atoms with Crippen molar-refractivity contribution in [3.8, 4) is 0 Å². The highest BCUT2D eigenvalue weighted by Gasteiger charge is 2.41. The molecule has 1 fully saturated rings. The van der Waals surface area contributed by atoms with Crippen molar-refractivity contribution >= 4 is 5.78 Å². The Kier molecular flexibility index (Phi) is 5.37. The van der Waals surface area contributed by atoms with E-state index < -0.39 is 6.10 Å². The van der Waals surface area contributed by atoms with Gasteiger partial charge in [0.1, 0.15) is 11.9 Å². The van der Waals surface area contributed by atoms with Gasteiger partial charge in [-0.2, -0.15) is 0 Å². The lowest BCUT2D eigenvalue weighted by Gasteiger charge is -2.52. The third-order valence-corrected chi connectivity index (χ3v) is 5.04. The summed E-state index contributed by atoms with van der Waals surface area (Å²) in [6.45, 7) is 14.1. The summed E-state index contributed by atoms with van der Waals surface area (Å²) in [6.07, 6.45) is 3.17. The molecule has 1 saturated heterocycles. The number of likely N-dealkylation sites (tertiary alicyclic amines) is 1. The normalized spacial score (nSPS) is 22.0. The second kappa shape index (κ2) is 6.78. The van der Waals surface area contributed by atoms with Crippen molar-refractivity contribution in [2.24, 2.45) is 0 Å². The highest BCUT2D eigenvalue weighted by atomic mass is 16.5. The van der Waals surface area contributed by atoms with Crippen molar-refractivity contribution < 1.29 is 13.9 Å². The Morgan fingerprint density at radius 1 is 1.26 bits per heavy atom. The fourth-order valence-electron chi connectivity index (χ4n) is 3.75. The smallest absolute Gasteiger partial charge is 0.226 e. The number of Topliss-reactive ketones (excluding diaryl/α,β-unsaturated/α-hetero) is 1. The first kappa shape index (κ1) is 18.2. The van der Waals surface area contributed by atoms with Crippen LogP contribution in [0.15, 0.2) is 16.5 Å². The van der Waals surface area contributed by atoms with E-state index in [9.17, 15) is 4.79 Å². The van der Waals surface area contributed by atoms with Crippen LogP contribution < -0.4 is 0 Å². The van der Waals surface area contributed by atoms with E-state index in [0.29, 0.717) is 12.4 Å². The van der Waals surface area contributed by atoms with Crippen LogP contribution in [0.2, 0.25) is 0 Å². The zero-order valence-electron chi connectivity index (χ0n) is 15.4. The van der Waals surface area contributed by atoms with E-state index in [2.05, 4.69) is 32.6 Å². The second-order valence-corrected chi connectivity index (χ2v) is 7.79. The van der Waals surface area contributed by atoms with Crippen LogP contribution in [0.3, 0.4) is 0 Å². The predicted molar refractivity (Wildman–Crippen MR) is 91.7 cm³/mol. The van der Waals surface area contributed by atoms with Gasteiger partial charge in [-0.05, 0) is 72.9 Å². The van der Waals surface area contributed by atoms with Gasteiger partial charge in [-0.15, -0.1) is 0 Å². The number of hydrogen-bond acceptors (Lipinski definition) is 4. The first-order valence-corrected chi connectivity index (χ1v) is 8.69. The summed E-state index contributed by atoms with van der Waals surface area (Å²) in [6, 6.07) is 3.70. The molecule has 130 valence electrons. The van der Waals surface area contributed by atoms with E-state index >= 15 is 0 Å². The maximum atomic E-state index is 12.3. The molecule has 1 aromatic heterocycles. The van der Waals surface area contributed by atoms with Crippen LogP contribution in [0.25, 0.3) is 0 Å². The number of piperidine rings is 1. The van der Waals surface area contributed by atoms with Gasteiger partial charge in [0.25, 0.3) is 0 Å². The van der Waals surface area contributed by atoms with Crippen LogP contribution >= 0.6 is 0 Å². The molecule has 1 unspecified atom stereocenters. The summed E-state index contributed by atoms with van der Waals surface area (Å²) < 4.78 is 11.2. The summed E-state index contributed by atoms with van der Waals surface area (Å²) in [5.41, 5.74) is 0.272. The van der Waals surface area contributed by atoms with Gasteiger partial charge in [-0.1, -0.05) is 0 Å². The Balaban J connectivity index is 2.13. The Morgan fingerprint density at radius 2 is 1.87 bits per heavy atom. The summed E-state index contributed by atoms with van der Waals surface area (Å²) in [5, 5.41) is 0. The molecule has 0 aliphatic carbocycles. The molecule has 1 aromatic rings. The fourth-order valence-corrected chi connectivity index (χ4v) is 3.75. The molecule has 4 heteroatoms. The Hall–Kier alpha value is -1.13. The first-order valence-electron chi connectivity index (χ1n) is 8.69. The molecular formula is C19H31NO3. The first-order chi connectivity index (χ1) is 10.7. The molecular weight excluding hydrogens is 290 g/mol. The van der Waals surface area contributed by atoms with Gasteiger partial charge < -0.3 is 9.15 Å². The average Bonchev–Trinajstić information content (AvgIpc) is 2.90. The molecule has 0 bridgehead atoms. The van der Waals surface area contributed by atoms with Crippen LogP contribution in [-0.4, -0.2) is 34.5 Å². The van der Waals surface area contributed by atoms with Gasteiger partial charge in [-0.25, -0.2) is 0 Å². The topological polar surface area (TPSA) is 42.7 Å². The van der Waals surface area contributed by atoms with E-state index in [0.717, 1.165) is 12.3 Å². The van der Waals surface area contributed by atoms with Gasteiger partial charge in [0.2, 0.25) is 5.78 Å². The van der Waals surface area contributed by atoms with Gasteiger partial charge in [-0.3, -0.25) is 9.69 Å². The molecule has 0 N–H and O–H groups in total. The Labute approximate surface area is 140 Å². The quantitative estimate of drug-likeness (QED) is 0.727. The van der Waals surface area contributed by atoms with Crippen molar-refractivity contribution in [3.05, 3.63) is 23.7 Å².